The van der Waals surface area contributed by atoms with E-state index in [0.717, 1.165) is 27.9 Å². The molecule has 0 saturated carbocycles. The number of nitrogens with one attached hydrogen (secondary N) is 1. The fraction of sp³-hybridized carbons (Fsp3) is 0.417. The standard InChI is InChI=1S/C12H17NOS3/c1-10-4-6-11(7-5-10)16-12(15)13-8-3-9-17(2)14/h4-7H,3,8-9H2,1-2H3,(H,13,15). The van der Waals surface area contributed by atoms with Gasteiger partial charge in [-0.1, -0.05) is 41.7 Å². The van der Waals surface area contributed by atoms with Crippen molar-refractivity contribution in [3.63, 3.8) is 0 Å². The molecule has 0 aliphatic rings. The first-order valence-corrected chi connectivity index (χ1v) is 8.35. The van der Waals surface area contributed by atoms with Crippen molar-refractivity contribution >= 4 is 39.1 Å². The van der Waals surface area contributed by atoms with E-state index in [1.165, 1.54) is 5.56 Å². The van der Waals surface area contributed by atoms with Gasteiger partial charge < -0.3 is 5.32 Å². The summed E-state index contributed by atoms with van der Waals surface area (Å²) >= 11 is 6.78. The van der Waals surface area contributed by atoms with E-state index in [9.17, 15) is 4.21 Å². The van der Waals surface area contributed by atoms with Crippen LogP contribution in [0, 0.1) is 6.92 Å². The molecule has 1 aromatic rings. The number of benzene rings is 1. The number of aryl methyl sites for hydroxylation is 1. The van der Waals surface area contributed by atoms with E-state index in [4.69, 9.17) is 12.2 Å². The Balaban J connectivity index is 2.25. The van der Waals surface area contributed by atoms with Crippen LogP contribution in [-0.4, -0.2) is 27.1 Å². The quantitative estimate of drug-likeness (QED) is 0.512. The minimum Gasteiger partial charge on any atom is -0.371 e. The normalized spacial score (nSPS) is 12.1. The second-order valence-electron chi connectivity index (χ2n) is 3.76. The van der Waals surface area contributed by atoms with Crippen LogP contribution in [0.2, 0.25) is 0 Å². The van der Waals surface area contributed by atoms with E-state index in [2.05, 4.69) is 36.5 Å². The van der Waals surface area contributed by atoms with Gasteiger partial charge in [-0.2, -0.15) is 0 Å². The van der Waals surface area contributed by atoms with Gasteiger partial charge in [0.2, 0.25) is 0 Å². The molecule has 94 valence electrons. The molecular weight excluding hydrogens is 270 g/mol. The molecule has 0 aromatic heterocycles. The monoisotopic (exact) mass is 287 g/mol. The molecule has 5 heteroatoms. The van der Waals surface area contributed by atoms with Crippen LogP contribution in [0.5, 0.6) is 0 Å². The van der Waals surface area contributed by atoms with Crippen molar-refractivity contribution in [2.45, 2.75) is 18.2 Å². The van der Waals surface area contributed by atoms with E-state index in [0.29, 0.717) is 0 Å². The highest BCUT2D eigenvalue weighted by molar-refractivity contribution is 8.23. The molecule has 1 N–H and O–H groups in total. The molecule has 0 aliphatic carbocycles. The van der Waals surface area contributed by atoms with Gasteiger partial charge in [-0.15, -0.1) is 0 Å². The number of thiocarbonyl (C=S) groups is 1. The van der Waals surface area contributed by atoms with Crippen molar-refractivity contribution in [2.75, 3.05) is 18.6 Å². The highest BCUT2D eigenvalue weighted by Crippen LogP contribution is 2.18. The smallest absolute Gasteiger partial charge is 0.138 e. The van der Waals surface area contributed by atoms with E-state index in [-0.39, 0.29) is 0 Å². The average Bonchev–Trinajstić information content (AvgIpc) is 2.27. The molecule has 1 unspecified atom stereocenters. The zero-order valence-electron chi connectivity index (χ0n) is 10.1. The van der Waals surface area contributed by atoms with Crippen molar-refractivity contribution in [1.82, 2.24) is 5.32 Å². The number of hydrogen-bond donors (Lipinski definition) is 1. The fourth-order valence-electron chi connectivity index (χ4n) is 1.22. The van der Waals surface area contributed by atoms with Gasteiger partial charge in [-0.25, -0.2) is 0 Å². The van der Waals surface area contributed by atoms with Crippen LogP contribution >= 0.6 is 24.0 Å². The molecule has 0 bridgehead atoms. The largest absolute Gasteiger partial charge is 0.371 e. The van der Waals surface area contributed by atoms with Crippen LogP contribution in [0.1, 0.15) is 12.0 Å². The summed E-state index contributed by atoms with van der Waals surface area (Å²) < 4.78 is 11.6. The highest BCUT2D eigenvalue weighted by atomic mass is 32.2. The van der Waals surface area contributed by atoms with Crippen molar-refractivity contribution in [3.05, 3.63) is 29.8 Å². The molecule has 1 atom stereocenters. The lowest BCUT2D eigenvalue weighted by molar-refractivity contribution is 0.683. The summed E-state index contributed by atoms with van der Waals surface area (Å²) in [7, 11) is -0.711. The van der Waals surface area contributed by atoms with Crippen LogP contribution in [-0.2, 0) is 10.8 Å². The first kappa shape index (κ1) is 14.7. The summed E-state index contributed by atoms with van der Waals surface area (Å²) in [6.07, 6.45) is 2.61. The molecular formula is C12H17NOS3. The summed E-state index contributed by atoms with van der Waals surface area (Å²) in [5.41, 5.74) is 1.25. The molecule has 0 aliphatic heterocycles. The summed E-state index contributed by atoms with van der Waals surface area (Å²) in [6, 6.07) is 8.28. The Morgan fingerprint density at radius 3 is 2.65 bits per heavy atom. The van der Waals surface area contributed by atoms with Gasteiger partial charge in [0.25, 0.3) is 0 Å². The van der Waals surface area contributed by atoms with Crippen LogP contribution in [0.3, 0.4) is 0 Å². The maximum atomic E-state index is 10.9. The number of rotatable bonds is 5. The summed E-state index contributed by atoms with van der Waals surface area (Å²) in [6.45, 7) is 2.85. The van der Waals surface area contributed by atoms with Crippen LogP contribution in [0.4, 0.5) is 0 Å². The number of thioether (sulfide) groups is 1. The maximum absolute atomic E-state index is 10.9. The Bertz CT molecular complexity index is 389. The van der Waals surface area contributed by atoms with Crippen molar-refractivity contribution in [1.29, 1.82) is 0 Å². The topological polar surface area (TPSA) is 29.1 Å². The molecule has 0 amide bonds. The first-order valence-electron chi connectivity index (χ1n) is 5.40. The van der Waals surface area contributed by atoms with E-state index < -0.39 is 10.8 Å². The zero-order chi connectivity index (χ0) is 12.7. The lowest BCUT2D eigenvalue weighted by atomic mass is 10.2. The van der Waals surface area contributed by atoms with Gasteiger partial charge in [0.05, 0.1) is 0 Å². The van der Waals surface area contributed by atoms with Gasteiger partial charge in [0.1, 0.15) is 4.32 Å². The molecule has 0 heterocycles. The summed E-state index contributed by atoms with van der Waals surface area (Å²) in [4.78, 5) is 1.15. The van der Waals surface area contributed by atoms with Crippen molar-refractivity contribution in [2.24, 2.45) is 0 Å². The Morgan fingerprint density at radius 2 is 2.06 bits per heavy atom. The molecule has 0 saturated heterocycles. The Labute approximate surface area is 115 Å². The van der Waals surface area contributed by atoms with E-state index in [1.54, 1.807) is 18.0 Å². The van der Waals surface area contributed by atoms with E-state index in [1.807, 2.05) is 0 Å². The van der Waals surface area contributed by atoms with E-state index >= 15 is 0 Å². The number of hydrogen-bond acceptors (Lipinski definition) is 3. The second-order valence-corrected chi connectivity index (χ2v) is 7.07. The molecule has 1 rings (SSSR count). The highest BCUT2D eigenvalue weighted by Gasteiger charge is 2.00. The third-order valence-electron chi connectivity index (χ3n) is 2.11. The average molecular weight is 287 g/mol. The molecule has 1 aromatic carbocycles. The molecule has 17 heavy (non-hydrogen) atoms. The van der Waals surface area contributed by atoms with Crippen LogP contribution in [0.25, 0.3) is 0 Å². The van der Waals surface area contributed by atoms with Gasteiger partial charge in [-0.3, -0.25) is 4.21 Å². The third-order valence-corrected chi connectivity index (χ3v) is 4.20. The minimum atomic E-state index is -0.711. The fourth-order valence-corrected chi connectivity index (χ4v) is 2.82. The Hall–Kier alpha value is -0.390. The SMILES string of the molecule is Cc1ccc(SC(=S)NCCCS(C)=O)cc1. The molecule has 0 spiro atoms. The zero-order valence-corrected chi connectivity index (χ0v) is 12.5. The van der Waals surface area contributed by atoms with Gasteiger partial charge in [0.15, 0.2) is 0 Å². The predicted octanol–water partition coefficient (Wildman–Crippen LogP) is 2.73. The van der Waals surface area contributed by atoms with Crippen molar-refractivity contribution in [3.8, 4) is 0 Å². The summed E-state index contributed by atoms with van der Waals surface area (Å²) in [5.74, 6) is 0.727. The molecule has 2 nitrogen and oxygen atoms in total. The maximum Gasteiger partial charge on any atom is 0.138 e. The first-order chi connectivity index (χ1) is 8.08. The van der Waals surface area contributed by atoms with Crippen molar-refractivity contribution < 1.29 is 4.21 Å². The Morgan fingerprint density at radius 1 is 1.41 bits per heavy atom. The van der Waals surface area contributed by atoms with Gasteiger partial charge >= 0.3 is 0 Å². The molecule has 0 radical (unpaired) electrons. The Kier molecular flexibility index (Phi) is 6.77. The van der Waals surface area contributed by atoms with Gasteiger partial charge in [-0.05, 0) is 25.5 Å². The van der Waals surface area contributed by atoms with Gasteiger partial charge in [0, 0.05) is 34.2 Å². The molecule has 0 fully saturated rings. The predicted molar refractivity (Wildman–Crippen MR) is 81.2 cm³/mol. The van der Waals surface area contributed by atoms with Crippen LogP contribution < -0.4 is 5.32 Å². The lowest BCUT2D eigenvalue weighted by Crippen LogP contribution is -2.20. The minimum absolute atomic E-state index is 0.711. The van der Waals surface area contributed by atoms with Crippen LogP contribution in [0.15, 0.2) is 29.2 Å². The second kappa shape index (κ2) is 7.84. The lowest BCUT2D eigenvalue weighted by Gasteiger charge is -2.06. The third kappa shape index (κ3) is 6.81. The summed E-state index contributed by atoms with van der Waals surface area (Å²) in [5, 5.41) is 3.16.